The van der Waals surface area contributed by atoms with Crippen LogP contribution in [-0.2, 0) is 16.6 Å². The number of nitrogens with zero attached hydrogens (tertiary/aromatic N) is 3. The number of piperazine rings is 1. The Morgan fingerprint density at radius 1 is 0.756 bits per heavy atom. The fourth-order valence-corrected chi connectivity index (χ4v) is 6.49. The molecule has 0 saturated carbocycles. The average Bonchev–Trinajstić information content (AvgIpc) is 3.04. The van der Waals surface area contributed by atoms with Crippen LogP contribution in [0, 0.1) is 0 Å². The molecule has 0 aromatic heterocycles. The van der Waals surface area contributed by atoms with Crippen LogP contribution in [0.25, 0.3) is 0 Å². The fourth-order valence-electron chi connectivity index (χ4n) is 5.03. The van der Waals surface area contributed by atoms with Gasteiger partial charge in [-0.3, -0.25) is 9.10 Å². The third kappa shape index (κ3) is 6.00. The van der Waals surface area contributed by atoms with Crippen molar-refractivity contribution in [3.05, 3.63) is 114 Å². The molecule has 4 aromatic rings. The number of carbonyl (C=O) groups is 1. The van der Waals surface area contributed by atoms with E-state index in [-0.39, 0.29) is 17.3 Å². The van der Waals surface area contributed by atoms with E-state index in [1.54, 1.807) is 66.7 Å². The molecule has 0 unspecified atom stereocenters. The van der Waals surface area contributed by atoms with Crippen LogP contribution in [0.3, 0.4) is 0 Å². The van der Waals surface area contributed by atoms with Gasteiger partial charge in [0.2, 0.25) is 0 Å². The lowest BCUT2D eigenvalue weighted by molar-refractivity contribution is 0.0747. The van der Waals surface area contributed by atoms with Gasteiger partial charge in [0.25, 0.3) is 15.9 Å². The molecule has 0 atom stereocenters. The second-order valence-corrected chi connectivity index (χ2v) is 11.5. The van der Waals surface area contributed by atoms with Crippen molar-refractivity contribution < 1.29 is 22.7 Å². The Labute approximate surface area is 241 Å². The second-order valence-electron chi connectivity index (χ2n) is 9.64. The summed E-state index contributed by atoms with van der Waals surface area (Å²) in [4.78, 5) is 17.6. The molecular formula is C32H33N3O5S. The number of carbonyl (C=O) groups excluding carboxylic acids is 1. The molecule has 41 heavy (non-hydrogen) atoms. The Morgan fingerprint density at radius 2 is 1.39 bits per heavy atom. The van der Waals surface area contributed by atoms with E-state index in [2.05, 4.69) is 17.0 Å². The molecule has 9 heteroatoms. The molecule has 212 valence electrons. The Kier molecular flexibility index (Phi) is 8.45. The van der Waals surface area contributed by atoms with E-state index in [0.29, 0.717) is 41.4 Å². The third-order valence-electron chi connectivity index (χ3n) is 7.22. The number of hydrogen-bond acceptors (Lipinski definition) is 6. The van der Waals surface area contributed by atoms with Crippen LogP contribution in [0.2, 0.25) is 0 Å². The molecule has 1 amide bonds. The molecule has 1 saturated heterocycles. The van der Waals surface area contributed by atoms with Crippen LogP contribution >= 0.6 is 0 Å². The zero-order valence-electron chi connectivity index (χ0n) is 23.1. The highest BCUT2D eigenvalue weighted by Crippen LogP contribution is 2.34. The van der Waals surface area contributed by atoms with E-state index >= 15 is 0 Å². The summed E-state index contributed by atoms with van der Waals surface area (Å²) in [6.07, 6.45) is 0. The normalized spacial score (nSPS) is 13.5. The maximum Gasteiger partial charge on any atom is 0.264 e. The first-order chi connectivity index (χ1) is 19.9. The number of benzene rings is 4. The number of methoxy groups -OCH3 is 2. The zero-order chi connectivity index (χ0) is 28.8. The van der Waals surface area contributed by atoms with E-state index in [1.807, 2.05) is 29.2 Å². The van der Waals surface area contributed by atoms with Gasteiger partial charge in [-0.25, -0.2) is 8.42 Å². The zero-order valence-corrected chi connectivity index (χ0v) is 24.0. The first-order valence-electron chi connectivity index (χ1n) is 13.4. The second kappa shape index (κ2) is 12.3. The molecule has 1 aliphatic heterocycles. The highest BCUT2D eigenvalue weighted by molar-refractivity contribution is 7.92. The summed E-state index contributed by atoms with van der Waals surface area (Å²) in [7, 11) is -0.883. The van der Waals surface area contributed by atoms with Crippen molar-refractivity contribution in [3.8, 4) is 11.5 Å². The SMILES string of the molecule is COc1cccc(CN(c2ccc(C(=O)N3CCN(c4ccccc4)CC3)cc2)S(=O)(=O)c2ccccc2)c1OC. The van der Waals surface area contributed by atoms with Gasteiger partial charge in [-0.1, -0.05) is 48.5 Å². The fraction of sp³-hybridized carbons (Fsp3) is 0.219. The molecule has 5 rings (SSSR count). The first-order valence-corrected chi connectivity index (χ1v) is 14.8. The maximum absolute atomic E-state index is 13.9. The van der Waals surface area contributed by atoms with Crippen LogP contribution in [0.4, 0.5) is 11.4 Å². The Hall–Kier alpha value is -4.50. The molecule has 1 fully saturated rings. The summed E-state index contributed by atoms with van der Waals surface area (Å²) in [5.41, 5.74) is 2.74. The number of rotatable bonds is 9. The van der Waals surface area contributed by atoms with Crippen molar-refractivity contribution in [2.75, 3.05) is 49.6 Å². The molecule has 0 radical (unpaired) electrons. The highest BCUT2D eigenvalue weighted by atomic mass is 32.2. The Morgan fingerprint density at radius 3 is 2.00 bits per heavy atom. The smallest absolute Gasteiger partial charge is 0.264 e. The first kappa shape index (κ1) is 28.0. The van der Waals surface area contributed by atoms with E-state index in [4.69, 9.17) is 9.47 Å². The lowest BCUT2D eigenvalue weighted by Gasteiger charge is -2.36. The monoisotopic (exact) mass is 571 g/mol. The maximum atomic E-state index is 13.9. The molecule has 0 aliphatic carbocycles. The van der Waals surface area contributed by atoms with Gasteiger partial charge in [0.15, 0.2) is 11.5 Å². The van der Waals surface area contributed by atoms with Gasteiger partial charge in [0.1, 0.15) is 0 Å². The molecule has 0 spiro atoms. The predicted octanol–water partition coefficient (Wildman–Crippen LogP) is 5.06. The minimum Gasteiger partial charge on any atom is -0.493 e. The van der Waals surface area contributed by atoms with E-state index in [0.717, 1.165) is 18.8 Å². The lowest BCUT2D eigenvalue weighted by Crippen LogP contribution is -2.48. The molecule has 0 bridgehead atoms. The topological polar surface area (TPSA) is 79.4 Å². The van der Waals surface area contributed by atoms with Crippen molar-refractivity contribution in [3.63, 3.8) is 0 Å². The molecule has 4 aromatic carbocycles. The number of hydrogen-bond donors (Lipinski definition) is 0. The van der Waals surface area contributed by atoms with Crippen LogP contribution in [0.1, 0.15) is 15.9 Å². The summed E-state index contributed by atoms with van der Waals surface area (Å²) in [6.45, 7) is 2.73. The van der Waals surface area contributed by atoms with Crippen molar-refractivity contribution in [2.45, 2.75) is 11.4 Å². The minimum absolute atomic E-state index is 0.00629. The number of para-hydroxylation sites is 2. The number of amides is 1. The number of ether oxygens (including phenoxy) is 2. The van der Waals surface area contributed by atoms with Crippen LogP contribution in [0.5, 0.6) is 11.5 Å². The Bertz CT molecular complexity index is 1570. The summed E-state index contributed by atoms with van der Waals surface area (Å²) in [6, 6.07) is 30.6. The molecule has 8 nitrogen and oxygen atoms in total. The summed E-state index contributed by atoms with van der Waals surface area (Å²) < 4.78 is 40.1. The standard InChI is InChI=1S/C32H33N3O5S/c1-39-30-15-9-10-26(31(30)40-2)24-35(41(37,38)29-13-7-4-8-14-29)28-18-16-25(17-19-28)32(36)34-22-20-33(21-23-34)27-11-5-3-6-12-27/h3-19H,20-24H2,1-2H3. The van der Waals surface area contributed by atoms with Crippen molar-refractivity contribution >= 4 is 27.3 Å². The van der Waals surface area contributed by atoms with Gasteiger partial charge in [-0.05, 0) is 54.6 Å². The average molecular weight is 572 g/mol. The molecular weight excluding hydrogens is 538 g/mol. The van der Waals surface area contributed by atoms with Gasteiger partial charge in [0, 0.05) is 43.0 Å². The van der Waals surface area contributed by atoms with Crippen molar-refractivity contribution in [2.24, 2.45) is 0 Å². The number of anilines is 2. The van der Waals surface area contributed by atoms with Gasteiger partial charge in [0.05, 0.1) is 31.3 Å². The minimum atomic E-state index is -3.95. The summed E-state index contributed by atoms with van der Waals surface area (Å²) in [5, 5.41) is 0. The largest absolute Gasteiger partial charge is 0.493 e. The quantitative estimate of drug-likeness (QED) is 0.279. The third-order valence-corrected chi connectivity index (χ3v) is 9.01. The van der Waals surface area contributed by atoms with Gasteiger partial charge in [-0.15, -0.1) is 0 Å². The van der Waals surface area contributed by atoms with Gasteiger partial charge < -0.3 is 19.3 Å². The highest BCUT2D eigenvalue weighted by Gasteiger charge is 2.28. The summed E-state index contributed by atoms with van der Waals surface area (Å²) >= 11 is 0. The van der Waals surface area contributed by atoms with Crippen LogP contribution in [-0.4, -0.2) is 59.6 Å². The van der Waals surface area contributed by atoms with Crippen LogP contribution < -0.4 is 18.7 Å². The lowest BCUT2D eigenvalue weighted by atomic mass is 10.1. The van der Waals surface area contributed by atoms with E-state index in [9.17, 15) is 13.2 Å². The van der Waals surface area contributed by atoms with Gasteiger partial charge >= 0.3 is 0 Å². The Balaban J connectivity index is 1.40. The summed E-state index contributed by atoms with van der Waals surface area (Å²) in [5.74, 6) is 0.899. The van der Waals surface area contributed by atoms with E-state index < -0.39 is 10.0 Å². The van der Waals surface area contributed by atoms with Crippen molar-refractivity contribution in [1.82, 2.24) is 4.90 Å². The van der Waals surface area contributed by atoms with E-state index in [1.165, 1.54) is 18.5 Å². The molecule has 0 N–H and O–H groups in total. The van der Waals surface area contributed by atoms with Crippen LogP contribution in [0.15, 0.2) is 108 Å². The molecule has 1 heterocycles. The predicted molar refractivity (Wildman–Crippen MR) is 160 cm³/mol. The van der Waals surface area contributed by atoms with Crippen molar-refractivity contribution in [1.29, 1.82) is 0 Å². The molecule has 1 aliphatic rings. The van der Waals surface area contributed by atoms with Gasteiger partial charge in [-0.2, -0.15) is 0 Å². The number of sulfonamides is 1.